The van der Waals surface area contributed by atoms with E-state index in [1.165, 1.54) is 32.2 Å². The van der Waals surface area contributed by atoms with Gasteiger partial charge in [-0.1, -0.05) is 27.5 Å². The second kappa shape index (κ2) is 6.28. The molecule has 0 aliphatic heterocycles. The van der Waals surface area contributed by atoms with Crippen LogP contribution in [0.25, 0.3) is 11.3 Å². The number of ether oxygens (including phenoxy) is 1. The minimum Gasteiger partial charge on any atom is -0.494 e. The molecule has 1 unspecified atom stereocenters. The van der Waals surface area contributed by atoms with E-state index in [9.17, 15) is 8.78 Å². The standard InChI is InChI=1S/C15H13BrClF2NO/c1-15(19,8-16)13-6-5-12(21-2)14(20-13)9-3-4-11(18)10(17)7-9/h3-7H,8H2,1-2H3. The molecule has 21 heavy (non-hydrogen) atoms. The van der Waals surface area contributed by atoms with Crippen LogP contribution in [0.4, 0.5) is 8.78 Å². The van der Waals surface area contributed by atoms with Gasteiger partial charge in [-0.15, -0.1) is 0 Å². The smallest absolute Gasteiger partial charge is 0.159 e. The summed E-state index contributed by atoms with van der Waals surface area (Å²) in [5.41, 5.74) is -0.381. The van der Waals surface area contributed by atoms with Crippen molar-refractivity contribution < 1.29 is 13.5 Å². The summed E-state index contributed by atoms with van der Waals surface area (Å²) < 4.78 is 32.9. The first-order valence-electron chi connectivity index (χ1n) is 6.15. The van der Waals surface area contributed by atoms with E-state index in [0.29, 0.717) is 17.0 Å². The number of pyridine rings is 1. The van der Waals surface area contributed by atoms with E-state index >= 15 is 0 Å². The number of rotatable bonds is 4. The van der Waals surface area contributed by atoms with Gasteiger partial charge in [-0.25, -0.2) is 13.8 Å². The summed E-state index contributed by atoms with van der Waals surface area (Å²) in [6.45, 7) is 1.43. The van der Waals surface area contributed by atoms with Crippen molar-refractivity contribution in [2.75, 3.05) is 12.4 Å². The van der Waals surface area contributed by atoms with Gasteiger partial charge < -0.3 is 4.74 Å². The molecule has 0 radical (unpaired) electrons. The van der Waals surface area contributed by atoms with Gasteiger partial charge in [0.15, 0.2) is 5.67 Å². The molecule has 2 rings (SSSR count). The van der Waals surface area contributed by atoms with Crippen LogP contribution in [0.5, 0.6) is 5.75 Å². The van der Waals surface area contributed by atoms with Gasteiger partial charge in [0.25, 0.3) is 0 Å². The predicted octanol–water partition coefficient (Wildman–Crippen LogP) is 5.13. The quantitative estimate of drug-likeness (QED) is 0.690. The summed E-state index contributed by atoms with van der Waals surface area (Å²) in [6, 6.07) is 7.41. The summed E-state index contributed by atoms with van der Waals surface area (Å²) >= 11 is 8.92. The van der Waals surface area contributed by atoms with E-state index in [1.807, 2.05) is 0 Å². The molecule has 0 fully saturated rings. The average Bonchev–Trinajstić information content (AvgIpc) is 2.49. The number of methoxy groups -OCH3 is 1. The SMILES string of the molecule is COc1ccc(C(C)(F)CBr)nc1-c1ccc(F)c(Cl)c1. The summed E-state index contributed by atoms with van der Waals surface area (Å²) in [6.07, 6.45) is 0. The van der Waals surface area contributed by atoms with Gasteiger partial charge in [0, 0.05) is 10.9 Å². The molecule has 0 aliphatic carbocycles. The molecule has 1 aromatic carbocycles. The van der Waals surface area contributed by atoms with Gasteiger partial charge in [-0.3, -0.25) is 0 Å². The second-order valence-corrected chi connectivity index (χ2v) is 5.68. The van der Waals surface area contributed by atoms with Crippen LogP contribution >= 0.6 is 27.5 Å². The largest absolute Gasteiger partial charge is 0.494 e. The number of halogens is 4. The highest BCUT2D eigenvalue weighted by atomic mass is 79.9. The first kappa shape index (κ1) is 16.2. The minimum atomic E-state index is -1.62. The number of benzene rings is 1. The Labute approximate surface area is 135 Å². The van der Waals surface area contributed by atoms with E-state index in [4.69, 9.17) is 16.3 Å². The Morgan fingerprint density at radius 1 is 1.33 bits per heavy atom. The van der Waals surface area contributed by atoms with Crippen LogP contribution in [0.3, 0.4) is 0 Å². The third-order valence-corrected chi connectivity index (χ3v) is 4.40. The number of hydrogen-bond donors (Lipinski definition) is 0. The average molecular weight is 377 g/mol. The van der Waals surface area contributed by atoms with Crippen LogP contribution in [0.1, 0.15) is 12.6 Å². The lowest BCUT2D eigenvalue weighted by atomic mass is 10.0. The lowest BCUT2D eigenvalue weighted by Gasteiger charge is -2.18. The monoisotopic (exact) mass is 375 g/mol. The van der Waals surface area contributed by atoms with Crippen molar-refractivity contribution in [2.45, 2.75) is 12.6 Å². The topological polar surface area (TPSA) is 22.1 Å². The highest BCUT2D eigenvalue weighted by Gasteiger charge is 2.27. The molecule has 0 bridgehead atoms. The van der Waals surface area contributed by atoms with Crippen LogP contribution < -0.4 is 4.74 Å². The highest BCUT2D eigenvalue weighted by Crippen LogP contribution is 2.34. The fraction of sp³-hybridized carbons (Fsp3) is 0.267. The molecule has 0 saturated heterocycles. The van der Waals surface area contributed by atoms with Gasteiger partial charge in [0.1, 0.15) is 17.3 Å². The van der Waals surface area contributed by atoms with Crippen LogP contribution in [0.15, 0.2) is 30.3 Å². The first-order chi connectivity index (χ1) is 9.89. The maximum Gasteiger partial charge on any atom is 0.159 e. The normalized spacial score (nSPS) is 13.8. The van der Waals surface area contributed by atoms with Crippen molar-refractivity contribution in [3.05, 3.63) is 46.9 Å². The Kier molecular flexibility index (Phi) is 4.84. The number of nitrogens with zero attached hydrogens (tertiary/aromatic N) is 1. The van der Waals surface area contributed by atoms with Gasteiger partial charge in [0.05, 0.1) is 17.8 Å². The van der Waals surface area contributed by atoms with E-state index in [1.54, 1.807) is 12.1 Å². The van der Waals surface area contributed by atoms with Crippen LogP contribution in [-0.4, -0.2) is 17.4 Å². The van der Waals surface area contributed by atoms with Crippen molar-refractivity contribution in [1.29, 1.82) is 0 Å². The van der Waals surface area contributed by atoms with E-state index in [2.05, 4.69) is 20.9 Å². The maximum atomic E-state index is 14.4. The van der Waals surface area contributed by atoms with Crippen LogP contribution in [0.2, 0.25) is 5.02 Å². The molecule has 1 heterocycles. The van der Waals surface area contributed by atoms with Gasteiger partial charge in [0.2, 0.25) is 0 Å². The molecule has 1 aromatic heterocycles. The summed E-state index contributed by atoms with van der Waals surface area (Å²) in [4.78, 5) is 4.32. The first-order valence-corrected chi connectivity index (χ1v) is 7.65. The molecule has 0 amide bonds. The number of aromatic nitrogens is 1. The second-order valence-electron chi connectivity index (χ2n) is 4.71. The van der Waals surface area contributed by atoms with Crippen molar-refractivity contribution in [3.63, 3.8) is 0 Å². The minimum absolute atomic E-state index is 0.0229. The molecular weight excluding hydrogens is 364 g/mol. The lowest BCUT2D eigenvalue weighted by Crippen LogP contribution is -2.19. The molecule has 0 saturated carbocycles. The third kappa shape index (κ3) is 3.35. The Morgan fingerprint density at radius 2 is 2.05 bits per heavy atom. The van der Waals surface area contributed by atoms with Crippen molar-refractivity contribution in [3.8, 4) is 17.0 Å². The molecule has 0 spiro atoms. The zero-order chi connectivity index (χ0) is 15.6. The lowest BCUT2D eigenvalue weighted by molar-refractivity contribution is 0.223. The van der Waals surface area contributed by atoms with Crippen LogP contribution in [-0.2, 0) is 5.67 Å². The molecule has 2 aromatic rings. The molecule has 0 aliphatic rings. The van der Waals surface area contributed by atoms with Crippen LogP contribution in [0, 0.1) is 5.82 Å². The van der Waals surface area contributed by atoms with Crippen molar-refractivity contribution >= 4 is 27.5 Å². The van der Waals surface area contributed by atoms with E-state index < -0.39 is 11.5 Å². The summed E-state index contributed by atoms with van der Waals surface area (Å²) in [5, 5.41) is 0.0911. The van der Waals surface area contributed by atoms with E-state index in [0.717, 1.165) is 0 Å². The maximum absolute atomic E-state index is 14.4. The Morgan fingerprint density at radius 3 is 2.62 bits per heavy atom. The Balaban J connectivity index is 2.59. The molecule has 6 heteroatoms. The zero-order valence-corrected chi connectivity index (χ0v) is 13.8. The van der Waals surface area contributed by atoms with Gasteiger partial charge in [-0.2, -0.15) is 0 Å². The molecule has 0 N–H and O–H groups in total. The predicted molar refractivity (Wildman–Crippen MR) is 83.4 cm³/mol. The molecule has 1 atom stereocenters. The number of hydrogen-bond acceptors (Lipinski definition) is 2. The molecule has 2 nitrogen and oxygen atoms in total. The summed E-state index contributed by atoms with van der Waals surface area (Å²) in [5.74, 6) is -0.0573. The van der Waals surface area contributed by atoms with Crippen molar-refractivity contribution in [2.24, 2.45) is 0 Å². The Hall–Kier alpha value is -1.20. The third-order valence-electron chi connectivity index (χ3n) is 3.06. The Bertz CT molecular complexity index is 664. The summed E-state index contributed by atoms with van der Waals surface area (Å²) in [7, 11) is 1.49. The fourth-order valence-corrected chi connectivity index (χ4v) is 2.29. The molecular formula is C15H13BrClF2NO. The van der Waals surface area contributed by atoms with Gasteiger partial charge >= 0.3 is 0 Å². The molecule has 112 valence electrons. The zero-order valence-electron chi connectivity index (χ0n) is 11.5. The van der Waals surface area contributed by atoms with Gasteiger partial charge in [-0.05, 0) is 37.3 Å². The van der Waals surface area contributed by atoms with Crippen molar-refractivity contribution in [1.82, 2.24) is 4.98 Å². The van der Waals surface area contributed by atoms with E-state index in [-0.39, 0.29) is 16.0 Å². The fourth-order valence-electron chi connectivity index (χ4n) is 1.82. The highest BCUT2D eigenvalue weighted by molar-refractivity contribution is 9.09. The number of alkyl halides is 2.